The number of carbonyl (C=O) groups excluding carboxylic acids is 6. The zero-order valence-corrected chi connectivity index (χ0v) is 56.5. The molecule has 0 spiro atoms. The Morgan fingerprint density at radius 1 is 0.300 bits per heavy atom. The van der Waals surface area contributed by atoms with Gasteiger partial charge in [0, 0.05) is 42.2 Å². The molecule has 100 heavy (non-hydrogen) atoms. The predicted molar refractivity (Wildman–Crippen MR) is 393 cm³/mol. The number of amides is 3. The van der Waals surface area contributed by atoms with E-state index in [-0.39, 0.29) is 38.5 Å². The minimum atomic E-state index is -1.90. The molecule has 0 radical (unpaired) electrons. The van der Waals surface area contributed by atoms with Crippen molar-refractivity contribution in [3.05, 3.63) is 287 Å². The fourth-order valence-electron chi connectivity index (χ4n) is 11.7. The summed E-state index contributed by atoms with van der Waals surface area (Å²) in [5, 5.41) is 8.79. The highest BCUT2D eigenvalue weighted by Gasteiger charge is 2.43. The maximum absolute atomic E-state index is 14.4. The van der Waals surface area contributed by atoms with E-state index in [2.05, 4.69) is 16.0 Å². The molecule has 18 heteroatoms. The Balaban J connectivity index is 0.939. The minimum Gasteiger partial charge on any atom is -0.489 e. The summed E-state index contributed by atoms with van der Waals surface area (Å²) >= 11 is 0. The van der Waals surface area contributed by atoms with E-state index in [1.165, 1.54) is 0 Å². The van der Waals surface area contributed by atoms with Gasteiger partial charge in [0.2, 0.25) is 0 Å². The number of nitrogens with two attached hydrogens (primary N) is 6. The molecule has 18 nitrogen and oxygen atoms in total. The number of rotatable bonds is 39. The lowest BCUT2D eigenvalue weighted by Crippen LogP contribution is -2.58. The molecule has 518 valence electrons. The number of hydrogen-bond donors (Lipinski definition) is 9. The van der Waals surface area contributed by atoms with Crippen molar-refractivity contribution in [1.82, 2.24) is 0 Å². The number of ketones is 3. The molecule has 0 saturated carbocycles. The lowest BCUT2D eigenvalue weighted by molar-refractivity contribution is -0.134. The van der Waals surface area contributed by atoms with Crippen molar-refractivity contribution < 1.29 is 43.0 Å². The number of benzene rings is 9. The average molecular weight is 1350 g/mol. The monoisotopic (exact) mass is 1350 g/mol. The summed E-state index contributed by atoms with van der Waals surface area (Å²) < 4.78 is 17.9. The third kappa shape index (κ3) is 20.6. The lowest BCUT2D eigenvalue weighted by atomic mass is 9.83. The number of anilines is 3. The molecule has 0 aliphatic rings. The topological polar surface area (TPSA) is 322 Å². The largest absolute Gasteiger partial charge is 0.489 e. The molecule has 15 N–H and O–H groups in total. The van der Waals surface area contributed by atoms with E-state index in [9.17, 15) is 28.8 Å². The standard InChI is InChI=1S/C82H91N9O9/c83-49-13-10-46-80(86,73(92)52-58-22-40-70(41-23-58)98-55-61-16-4-1-5-17-61)77(95)89-67-34-28-64(29-35-67)76(65-30-36-68(37-31-65)90-78(96)81(87,47-11-14-50-84)74(93)53-59-24-42-71(43-25-59)99-56-62-18-6-2-7-19-62)66-32-38-69(39-33-66)91-79(97)82(88,48-12-15-51-85)75(94)54-60-26-44-72(45-27-60)100-57-63-20-8-3-9-21-63/h1-9,16-45,76H,10-15,46-57,83-88H2,(H,89,95)(H,90,96)(H,91,97)/t80-,81-,82-/m1/s1. The number of Topliss-reactive ketones (excluding diaryl/α,β-unsaturated/α-hetero) is 3. The molecule has 0 saturated heterocycles. The summed E-state index contributed by atoms with van der Waals surface area (Å²) in [5.41, 5.74) is 41.1. The van der Waals surface area contributed by atoms with Crippen LogP contribution in [0.25, 0.3) is 0 Å². The van der Waals surface area contributed by atoms with Crippen LogP contribution in [0, 0.1) is 0 Å². The molecular formula is C82H91N9O9. The van der Waals surface area contributed by atoms with Gasteiger partial charge in [-0.05, 0) is 200 Å². The van der Waals surface area contributed by atoms with Gasteiger partial charge in [0.15, 0.2) is 34.0 Å². The molecule has 0 bridgehead atoms. The van der Waals surface area contributed by atoms with E-state index in [4.69, 9.17) is 48.6 Å². The Kier molecular flexibility index (Phi) is 26.9. The van der Waals surface area contributed by atoms with E-state index >= 15 is 0 Å². The second kappa shape index (κ2) is 36.4. The van der Waals surface area contributed by atoms with Gasteiger partial charge in [-0.3, -0.25) is 28.8 Å². The fraction of sp³-hybridized carbons (Fsp3) is 0.268. The van der Waals surface area contributed by atoms with Crippen LogP contribution in [0.4, 0.5) is 17.1 Å². The zero-order valence-electron chi connectivity index (χ0n) is 56.5. The maximum Gasteiger partial charge on any atom is 0.252 e. The van der Waals surface area contributed by atoms with Gasteiger partial charge in [0.05, 0.1) is 0 Å². The molecular weight excluding hydrogens is 1250 g/mol. The van der Waals surface area contributed by atoms with Crippen molar-refractivity contribution in [2.24, 2.45) is 34.4 Å². The first kappa shape index (κ1) is 73.8. The molecule has 0 unspecified atom stereocenters. The lowest BCUT2D eigenvalue weighted by Gasteiger charge is -2.28. The quantitative estimate of drug-likeness (QED) is 0.00982. The van der Waals surface area contributed by atoms with Crippen LogP contribution in [0.1, 0.15) is 114 Å². The van der Waals surface area contributed by atoms with Gasteiger partial charge in [-0.25, -0.2) is 0 Å². The molecule has 3 amide bonds. The Labute approximate surface area is 585 Å². The van der Waals surface area contributed by atoms with Gasteiger partial charge < -0.3 is 64.6 Å². The van der Waals surface area contributed by atoms with E-state index in [0.717, 1.165) is 33.4 Å². The number of nitrogens with one attached hydrogen (secondary N) is 3. The maximum atomic E-state index is 14.4. The fourth-order valence-corrected chi connectivity index (χ4v) is 11.7. The summed E-state index contributed by atoms with van der Waals surface area (Å²) in [5.74, 6) is -2.00. The predicted octanol–water partition coefficient (Wildman–Crippen LogP) is 11.3. The summed E-state index contributed by atoms with van der Waals surface area (Å²) in [4.78, 5) is 86.0. The number of unbranched alkanes of at least 4 members (excludes halogenated alkanes) is 3. The number of ether oxygens (including phenoxy) is 3. The van der Waals surface area contributed by atoms with Crippen LogP contribution in [0.3, 0.4) is 0 Å². The van der Waals surface area contributed by atoms with Crippen LogP contribution in [0.2, 0.25) is 0 Å². The first-order valence-electron chi connectivity index (χ1n) is 34.1. The molecule has 0 aliphatic carbocycles. The van der Waals surface area contributed by atoms with Gasteiger partial charge in [-0.2, -0.15) is 0 Å². The molecule has 9 aromatic carbocycles. The summed E-state index contributed by atoms with van der Waals surface area (Å²) in [7, 11) is 0. The van der Waals surface area contributed by atoms with Crippen molar-refractivity contribution >= 4 is 52.1 Å². The SMILES string of the molecule is NCCCC[C@@](N)(C(=O)Cc1ccc(OCc2ccccc2)cc1)C(=O)Nc1ccc(C(c2ccc(NC(=O)[C@@](N)(CCCCN)C(=O)Cc3ccc(OCc4ccccc4)cc3)cc2)c2ccc(NC(=O)[C@@](N)(CCCCN)C(=O)Cc3ccc(OCc4ccccc4)cc3)cc2)cc1. The number of carbonyl (C=O) groups is 6. The van der Waals surface area contributed by atoms with Crippen LogP contribution in [-0.2, 0) is 67.9 Å². The molecule has 0 aliphatic heterocycles. The van der Waals surface area contributed by atoms with Crippen molar-refractivity contribution in [2.75, 3.05) is 35.6 Å². The highest BCUT2D eigenvalue weighted by atomic mass is 16.5. The van der Waals surface area contributed by atoms with Crippen LogP contribution in [0.5, 0.6) is 17.2 Å². The summed E-state index contributed by atoms with van der Waals surface area (Å²) in [6.07, 6.45) is 2.89. The van der Waals surface area contributed by atoms with Gasteiger partial charge in [-0.1, -0.05) is 164 Å². The molecule has 9 rings (SSSR count). The van der Waals surface area contributed by atoms with E-state index in [1.54, 1.807) is 109 Å². The average Bonchev–Trinajstić information content (AvgIpc) is 0.810. The highest BCUT2D eigenvalue weighted by Crippen LogP contribution is 2.35. The second-order valence-corrected chi connectivity index (χ2v) is 25.4. The highest BCUT2D eigenvalue weighted by molar-refractivity contribution is 6.17. The van der Waals surface area contributed by atoms with E-state index in [0.29, 0.717) is 129 Å². The van der Waals surface area contributed by atoms with Crippen LogP contribution in [0.15, 0.2) is 237 Å². The summed E-state index contributed by atoms with van der Waals surface area (Å²) in [6, 6.07) is 72.3. The molecule has 0 heterocycles. The van der Waals surface area contributed by atoms with E-state index < -0.39 is 57.6 Å². The molecule has 0 aromatic heterocycles. The Morgan fingerprint density at radius 2 is 0.540 bits per heavy atom. The zero-order chi connectivity index (χ0) is 70.7. The van der Waals surface area contributed by atoms with Crippen LogP contribution in [-0.4, -0.2) is 71.3 Å². The van der Waals surface area contributed by atoms with Crippen LogP contribution < -0.4 is 64.6 Å². The van der Waals surface area contributed by atoms with E-state index in [1.807, 2.05) is 127 Å². The Bertz CT molecular complexity index is 3670. The summed E-state index contributed by atoms with van der Waals surface area (Å²) in [6.45, 7) is 2.21. The van der Waals surface area contributed by atoms with Crippen molar-refractivity contribution in [3.63, 3.8) is 0 Å². The first-order valence-corrected chi connectivity index (χ1v) is 34.1. The van der Waals surface area contributed by atoms with Gasteiger partial charge in [-0.15, -0.1) is 0 Å². The van der Waals surface area contributed by atoms with Crippen molar-refractivity contribution in [2.45, 2.75) is 119 Å². The first-order chi connectivity index (χ1) is 48.5. The van der Waals surface area contributed by atoms with Gasteiger partial charge >= 0.3 is 0 Å². The third-order valence-electron chi connectivity index (χ3n) is 17.9. The molecule has 3 atom stereocenters. The van der Waals surface area contributed by atoms with Gasteiger partial charge in [0.1, 0.15) is 37.1 Å². The normalized spacial score (nSPS) is 13.0. The smallest absolute Gasteiger partial charge is 0.252 e. The van der Waals surface area contributed by atoms with Crippen molar-refractivity contribution in [1.29, 1.82) is 0 Å². The van der Waals surface area contributed by atoms with Gasteiger partial charge in [0.25, 0.3) is 17.7 Å². The molecule has 0 fully saturated rings. The Hall–Kier alpha value is -10.4. The minimum absolute atomic E-state index is 0.0650. The second-order valence-electron chi connectivity index (χ2n) is 25.4. The Morgan fingerprint density at radius 3 is 0.770 bits per heavy atom. The third-order valence-corrected chi connectivity index (χ3v) is 17.9. The van der Waals surface area contributed by atoms with Crippen LogP contribution >= 0.6 is 0 Å². The number of hydrogen-bond acceptors (Lipinski definition) is 15. The molecule has 9 aromatic rings. The van der Waals surface area contributed by atoms with Crippen molar-refractivity contribution in [3.8, 4) is 17.2 Å².